The number of amides is 1. The van der Waals surface area contributed by atoms with Gasteiger partial charge >= 0.3 is 0 Å². The van der Waals surface area contributed by atoms with Gasteiger partial charge in [-0.3, -0.25) is 4.79 Å². The Kier molecular flexibility index (Phi) is 9.50. The smallest absolute Gasteiger partial charge is 0.222 e. The summed E-state index contributed by atoms with van der Waals surface area (Å²) < 4.78 is 4.97. The topological polar surface area (TPSA) is 55.6 Å². The minimum absolute atomic E-state index is 0. The Morgan fingerprint density at radius 3 is 2.82 bits per heavy atom. The second kappa shape index (κ2) is 9.68. The molecule has 0 aromatic heterocycles. The molecular weight excluding hydrogens is 240 g/mol. The maximum absolute atomic E-state index is 12.0. The molecule has 17 heavy (non-hydrogen) atoms. The highest BCUT2D eigenvalue weighted by Crippen LogP contribution is 2.17. The van der Waals surface area contributed by atoms with Crippen LogP contribution in [0.25, 0.3) is 0 Å². The maximum Gasteiger partial charge on any atom is 0.222 e. The molecule has 0 saturated carbocycles. The van der Waals surface area contributed by atoms with Gasteiger partial charge < -0.3 is 15.4 Å². The first-order chi connectivity index (χ1) is 7.79. The number of likely N-dealkylation sites (tertiary alicyclic amines) is 1. The second-order valence-corrected chi connectivity index (χ2v) is 4.42. The third-order valence-corrected chi connectivity index (χ3v) is 3.21. The van der Waals surface area contributed by atoms with Gasteiger partial charge in [0, 0.05) is 39.3 Å². The van der Waals surface area contributed by atoms with Gasteiger partial charge in [-0.25, -0.2) is 0 Å². The Hall–Kier alpha value is -0.320. The number of hydrogen-bond donors (Lipinski definition) is 1. The fourth-order valence-corrected chi connectivity index (χ4v) is 2.24. The lowest BCUT2D eigenvalue weighted by molar-refractivity contribution is -0.134. The number of piperidine rings is 1. The van der Waals surface area contributed by atoms with Crippen molar-refractivity contribution in [2.75, 3.05) is 26.8 Å². The minimum Gasteiger partial charge on any atom is -0.385 e. The summed E-state index contributed by atoms with van der Waals surface area (Å²) >= 11 is 0. The number of ether oxygens (including phenoxy) is 1. The molecule has 1 aliphatic rings. The van der Waals surface area contributed by atoms with Crippen LogP contribution >= 0.6 is 12.4 Å². The van der Waals surface area contributed by atoms with Gasteiger partial charge in [-0.15, -0.1) is 12.4 Å². The van der Waals surface area contributed by atoms with Crippen molar-refractivity contribution in [3.05, 3.63) is 0 Å². The van der Waals surface area contributed by atoms with Crippen LogP contribution in [-0.4, -0.2) is 43.7 Å². The summed E-state index contributed by atoms with van der Waals surface area (Å²) in [6, 6.07) is 0.281. The van der Waals surface area contributed by atoms with E-state index >= 15 is 0 Å². The molecule has 1 amide bonds. The average Bonchev–Trinajstić information content (AvgIpc) is 2.34. The molecule has 1 saturated heterocycles. The normalized spacial score (nSPS) is 19.9. The lowest BCUT2D eigenvalue weighted by Crippen LogP contribution is -2.47. The monoisotopic (exact) mass is 264 g/mol. The molecule has 0 bridgehead atoms. The first-order valence-electron chi connectivity index (χ1n) is 6.28. The molecule has 1 rings (SSSR count). The number of nitrogens with two attached hydrogens (primary N) is 1. The molecule has 0 aliphatic carbocycles. The van der Waals surface area contributed by atoms with Gasteiger partial charge in [0.1, 0.15) is 0 Å². The molecular formula is C12H25ClN2O2. The van der Waals surface area contributed by atoms with Crippen LogP contribution in [0.4, 0.5) is 0 Å². The number of hydrogen-bond acceptors (Lipinski definition) is 3. The first-order valence-corrected chi connectivity index (χ1v) is 6.28. The van der Waals surface area contributed by atoms with Crippen LogP contribution in [0.1, 0.15) is 38.5 Å². The summed E-state index contributed by atoms with van der Waals surface area (Å²) in [7, 11) is 1.69. The summed E-state index contributed by atoms with van der Waals surface area (Å²) in [5, 5.41) is 0. The SMILES string of the molecule is COCCCCC(=O)N1CCCCC1CN.Cl. The van der Waals surface area contributed by atoms with Gasteiger partial charge in [-0.1, -0.05) is 0 Å². The zero-order chi connectivity index (χ0) is 11.8. The number of rotatable bonds is 6. The van der Waals surface area contributed by atoms with Gasteiger partial charge in [0.2, 0.25) is 5.91 Å². The van der Waals surface area contributed by atoms with Crippen molar-refractivity contribution in [3.63, 3.8) is 0 Å². The molecule has 0 aromatic rings. The Balaban J connectivity index is 0.00000256. The van der Waals surface area contributed by atoms with Crippen molar-refractivity contribution in [3.8, 4) is 0 Å². The predicted octanol–water partition coefficient (Wildman–Crippen LogP) is 1.56. The van der Waals surface area contributed by atoms with Gasteiger partial charge in [-0.05, 0) is 32.1 Å². The summed E-state index contributed by atoms with van der Waals surface area (Å²) in [6.45, 7) is 2.24. The number of nitrogens with zero attached hydrogens (tertiary/aromatic N) is 1. The van der Waals surface area contributed by atoms with E-state index in [0.29, 0.717) is 13.0 Å². The predicted molar refractivity (Wildman–Crippen MR) is 71.4 cm³/mol. The van der Waals surface area contributed by atoms with Crippen LogP contribution in [0.5, 0.6) is 0 Å². The van der Waals surface area contributed by atoms with Crippen molar-refractivity contribution in [2.24, 2.45) is 5.73 Å². The van der Waals surface area contributed by atoms with E-state index in [-0.39, 0.29) is 24.4 Å². The van der Waals surface area contributed by atoms with Crippen LogP contribution in [0.2, 0.25) is 0 Å². The number of methoxy groups -OCH3 is 1. The van der Waals surface area contributed by atoms with Crippen molar-refractivity contribution in [1.29, 1.82) is 0 Å². The zero-order valence-electron chi connectivity index (χ0n) is 10.7. The fourth-order valence-electron chi connectivity index (χ4n) is 2.24. The number of carbonyl (C=O) groups is 1. The summed E-state index contributed by atoms with van der Waals surface area (Å²) in [5.74, 6) is 0.270. The number of unbranched alkanes of at least 4 members (excludes halogenated alkanes) is 1. The van der Waals surface area contributed by atoms with Gasteiger partial charge in [-0.2, -0.15) is 0 Å². The van der Waals surface area contributed by atoms with E-state index in [9.17, 15) is 4.79 Å². The molecule has 1 atom stereocenters. The molecule has 4 nitrogen and oxygen atoms in total. The van der Waals surface area contributed by atoms with Crippen molar-refractivity contribution < 1.29 is 9.53 Å². The standard InChI is InChI=1S/C12H24N2O2.ClH/c1-16-9-5-3-7-12(15)14-8-4-2-6-11(14)10-13;/h11H,2-10,13H2,1H3;1H. The van der Waals surface area contributed by atoms with E-state index in [1.165, 1.54) is 6.42 Å². The molecule has 0 radical (unpaired) electrons. The summed E-state index contributed by atoms with van der Waals surface area (Å²) in [6.07, 6.45) is 5.92. The maximum atomic E-state index is 12.0. The van der Waals surface area contributed by atoms with E-state index < -0.39 is 0 Å². The minimum atomic E-state index is 0. The highest BCUT2D eigenvalue weighted by Gasteiger charge is 2.24. The molecule has 1 fully saturated rings. The largest absolute Gasteiger partial charge is 0.385 e. The second-order valence-electron chi connectivity index (χ2n) is 4.42. The molecule has 5 heteroatoms. The Bertz CT molecular complexity index is 215. The van der Waals surface area contributed by atoms with E-state index in [1.54, 1.807) is 7.11 Å². The quantitative estimate of drug-likeness (QED) is 0.741. The van der Waals surface area contributed by atoms with Crippen LogP contribution < -0.4 is 5.73 Å². The third-order valence-electron chi connectivity index (χ3n) is 3.21. The van der Waals surface area contributed by atoms with E-state index in [4.69, 9.17) is 10.5 Å². The highest BCUT2D eigenvalue weighted by molar-refractivity contribution is 5.85. The van der Waals surface area contributed by atoms with Gasteiger partial charge in [0.05, 0.1) is 0 Å². The van der Waals surface area contributed by atoms with E-state index in [2.05, 4.69) is 0 Å². The van der Waals surface area contributed by atoms with Crippen LogP contribution in [-0.2, 0) is 9.53 Å². The summed E-state index contributed by atoms with van der Waals surface area (Å²) in [5.41, 5.74) is 5.69. The van der Waals surface area contributed by atoms with E-state index in [1.807, 2.05) is 4.90 Å². The van der Waals surface area contributed by atoms with Crippen molar-refractivity contribution in [2.45, 2.75) is 44.6 Å². The number of carbonyl (C=O) groups excluding carboxylic acids is 1. The van der Waals surface area contributed by atoms with Crippen molar-refractivity contribution >= 4 is 18.3 Å². The molecule has 1 unspecified atom stereocenters. The lowest BCUT2D eigenvalue weighted by Gasteiger charge is -2.35. The summed E-state index contributed by atoms with van der Waals surface area (Å²) in [4.78, 5) is 13.9. The molecule has 0 spiro atoms. The lowest BCUT2D eigenvalue weighted by atomic mass is 10.0. The zero-order valence-corrected chi connectivity index (χ0v) is 11.5. The Morgan fingerprint density at radius 1 is 1.41 bits per heavy atom. The Morgan fingerprint density at radius 2 is 2.18 bits per heavy atom. The number of halogens is 1. The fraction of sp³-hybridized carbons (Fsp3) is 0.917. The van der Waals surface area contributed by atoms with Crippen molar-refractivity contribution in [1.82, 2.24) is 4.90 Å². The van der Waals surface area contributed by atoms with Gasteiger partial charge in [0.25, 0.3) is 0 Å². The highest BCUT2D eigenvalue weighted by atomic mass is 35.5. The van der Waals surface area contributed by atoms with Crippen LogP contribution in [0.15, 0.2) is 0 Å². The van der Waals surface area contributed by atoms with E-state index in [0.717, 1.165) is 38.8 Å². The first kappa shape index (κ1) is 16.7. The molecule has 102 valence electrons. The van der Waals surface area contributed by atoms with Gasteiger partial charge in [0.15, 0.2) is 0 Å². The average molecular weight is 265 g/mol. The molecule has 1 heterocycles. The Labute approximate surface area is 110 Å². The van der Waals surface area contributed by atoms with Crippen LogP contribution in [0, 0.1) is 0 Å². The molecule has 1 aliphatic heterocycles. The molecule has 0 aromatic carbocycles. The molecule has 2 N–H and O–H groups in total. The third kappa shape index (κ3) is 5.70. The van der Waals surface area contributed by atoms with Crippen LogP contribution in [0.3, 0.4) is 0 Å².